The molecule has 1 atom stereocenters. The van der Waals surface area contributed by atoms with E-state index in [1.165, 1.54) is 12.1 Å². The molecule has 0 bridgehead atoms. The van der Waals surface area contributed by atoms with Gasteiger partial charge in [-0.15, -0.1) is 0 Å². The van der Waals surface area contributed by atoms with Gasteiger partial charge in [0.2, 0.25) is 5.91 Å². The molecule has 1 aliphatic heterocycles. The van der Waals surface area contributed by atoms with Crippen LogP contribution in [-0.4, -0.2) is 32.7 Å². The van der Waals surface area contributed by atoms with Gasteiger partial charge in [0, 0.05) is 5.69 Å². The van der Waals surface area contributed by atoms with Crippen molar-refractivity contribution in [3.63, 3.8) is 0 Å². The molecule has 0 aliphatic carbocycles. The van der Waals surface area contributed by atoms with Crippen LogP contribution in [-0.2, 0) is 4.79 Å². The Hall–Kier alpha value is -4.33. The molecule has 0 spiro atoms. The third-order valence-corrected chi connectivity index (χ3v) is 5.49. The Kier molecular flexibility index (Phi) is 5.40. The predicted octanol–water partition coefficient (Wildman–Crippen LogP) is 4.21. The summed E-state index contributed by atoms with van der Waals surface area (Å²) in [5, 5.41) is 15.1. The lowest BCUT2D eigenvalue weighted by Gasteiger charge is -2.32. The highest BCUT2D eigenvalue weighted by molar-refractivity contribution is 5.97. The topological polar surface area (TPSA) is 75.9 Å². The number of anilines is 2. The number of benzene rings is 3. The Morgan fingerprint density at radius 2 is 1.82 bits per heavy atom. The number of nitrogens with one attached hydrogen (secondary N) is 1. The zero-order valence-electron chi connectivity index (χ0n) is 17.9. The fourth-order valence-corrected chi connectivity index (χ4v) is 3.89. The van der Waals surface area contributed by atoms with Crippen LogP contribution < -0.4 is 10.2 Å². The van der Waals surface area contributed by atoms with Gasteiger partial charge >= 0.3 is 0 Å². The lowest BCUT2D eigenvalue weighted by atomic mass is 10.00. The Labute approximate surface area is 190 Å². The second kappa shape index (κ2) is 8.66. The maximum absolute atomic E-state index is 13.6. The molecule has 1 N–H and O–H groups in total. The first-order valence-corrected chi connectivity index (χ1v) is 10.5. The second-order valence-electron chi connectivity index (χ2n) is 7.84. The van der Waals surface area contributed by atoms with Crippen LogP contribution in [0.5, 0.6) is 0 Å². The van der Waals surface area contributed by atoms with Gasteiger partial charge in [0.25, 0.3) is 5.95 Å². The van der Waals surface area contributed by atoms with Crippen molar-refractivity contribution in [1.82, 2.24) is 20.2 Å². The van der Waals surface area contributed by atoms with Crippen molar-refractivity contribution in [2.75, 3.05) is 16.8 Å². The first-order chi connectivity index (χ1) is 16.1. The molecule has 0 saturated carbocycles. The van der Waals surface area contributed by atoms with E-state index in [0.717, 1.165) is 22.4 Å². The highest BCUT2D eigenvalue weighted by Crippen LogP contribution is 2.36. The van der Waals surface area contributed by atoms with Gasteiger partial charge in [-0.2, -0.15) is 4.68 Å². The van der Waals surface area contributed by atoms with Crippen molar-refractivity contribution < 1.29 is 9.18 Å². The molecule has 0 saturated heterocycles. The number of fused-ring (bicyclic) bond motifs is 1. The standard InChI is InChI=1S/C25H21FN6O/c1-17-10-12-19(13-11-17)22-15-23(18-6-3-2-4-7-18)32-25(28-29-30-32)31(22)16-24(33)27-21-9-5-8-20(26)14-21/h2-15,23H,16H2,1H3,(H,27,33)/t23-/m0/s1. The molecule has 33 heavy (non-hydrogen) atoms. The minimum absolute atomic E-state index is 0.0435. The summed E-state index contributed by atoms with van der Waals surface area (Å²) in [6.45, 7) is 1.98. The molecule has 1 amide bonds. The monoisotopic (exact) mass is 440 g/mol. The average molecular weight is 440 g/mol. The van der Waals surface area contributed by atoms with E-state index in [0.29, 0.717) is 11.6 Å². The molecule has 7 nitrogen and oxygen atoms in total. The largest absolute Gasteiger partial charge is 0.324 e. The van der Waals surface area contributed by atoms with E-state index < -0.39 is 5.82 Å². The van der Waals surface area contributed by atoms with Gasteiger partial charge in [-0.05, 0) is 52.8 Å². The highest BCUT2D eigenvalue weighted by atomic mass is 19.1. The van der Waals surface area contributed by atoms with Crippen LogP contribution in [0.2, 0.25) is 0 Å². The number of halogens is 1. The smallest absolute Gasteiger partial charge is 0.251 e. The highest BCUT2D eigenvalue weighted by Gasteiger charge is 2.31. The van der Waals surface area contributed by atoms with Gasteiger partial charge in [0.15, 0.2) is 0 Å². The number of nitrogens with zero attached hydrogens (tertiary/aromatic N) is 5. The molecule has 1 aromatic heterocycles. The van der Waals surface area contributed by atoms with Gasteiger partial charge in [0.05, 0.1) is 5.70 Å². The molecule has 5 rings (SSSR count). The van der Waals surface area contributed by atoms with E-state index in [4.69, 9.17) is 0 Å². The van der Waals surface area contributed by atoms with Crippen LogP contribution in [0.15, 0.2) is 84.9 Å². The minimum atomic E-state index is -0.416. The number of hydrogen-bond acceptors (Lipinski definition) is 5. The molecule has 4 aromatic rings. The summed E-state index contributed by atoms with van der Waals surface area (Å²) in [7, 11) is 0. The summed E-state index contributed by atoms with van der Waals surface area (Å²) in [4.78, 5) is 14.7. The minimum Gasteiger partial charge on any atom is -0.324 e. The fraction of sp³-hybridized carbons (Fsp3) is 0.120. The van der Waals surface area contributed by atoms with Gasteiger partial charge in [0.1, 0.15) is 18.4 Å². The van der Waals surface area contributed by atoms with E-state index in [1.807, 2.05) is 61.5 Å². The van der Waals surface area contributed by atoms with Crippen molar-refractivity contribution in [2.45, 2.75) is 13.0 Å². The van der Waals surface area contributed by atoms with Crippen LogP contribution in [0, 0.1) is 12.7 Å². The van der Waals surface area contributed by atoms with Crippen molar-refractivity contribution in [1.29, 1.82) is 0 Å². The Morgan fingerprint density at radius 3 is 2.58 bits per heavy atom. The van der Waals surface area contributed by atoms with Crippen molar-refractivity contribution in [2.24, 2.45) is 0 Å². The van der Waals surface area contributed by atoms with E-state index in [9.17, 15) is 9.18 Å². The number of amides is 1. The summed E-state index contributed by atoms with van der Waals surface area (Å²) in [6, 6.07) is 23.6. The fourth-order valence-electron chi connectivity index (χ4n) is 3.89. The lowest BCUT2D eigenvalue weighted by molar-refractivity contribution is -0.114. The van der Waals surface area contributed by atoms with E-state index in [1.54, 1.807) is 21.7 Å². The molecule has 2 heterocycles. The lowest BCUT2D eigenvalue weighted by Crippen LogP contribution is -2.37. The zero-order valence-corrected chi connectivity index (χ0v) is 17.9. The number of carbonyl (C=O) groups is 1. The van der Waals surface area contributed by atoms with Gasteiger partial charge in [-0.25, -0.2) is 4.39 Å². The van der Waals surface area contributed by atoms with E-state index >= 15 is 0 Å². The molecule has 1 aliphatic rings. The number of aromatic nitrogens is 4. The molecule has 8 heteroatoms. The van der Waals surface area contributed by atoms with Crippen LogP contribution in [0.3, 0.4) is 0 Å². The molecular formula is C25H21FN6O. The first kappa shape index (κ1) is 20.6. The summed E-state index contributed by atoms with van der Waals surface area (Å²) < 4.78 is 15.2. The Bertz CT molecular complexity index is 1320. The van der Waals surface area contributed by atoms with Gasteiger partial charge in [-0.3, -0.25) is 9.69 Å². The summed E-state index contributed by atoms with van der Waals surface area (Å²) in [6.07, 6.45) is 2.05. The van der Waals surface area contributed by atoms with Crippen molar-refractivity contribution >= 4 is 23.2 Å². The van der Waals surface area contributed by atoms with E-state index in [-0.39, 0.29) is 18.5 Å². The average Bonchev–Trinajstić information content (AvgIpc) is 3.31. The quantitative estimate of drug-likeness (QED) is 0.503. The zero-order chi connectivity index (χ0) is 22.8. The van der Waals surface area contributed by atoms with Crippen molar-refractivity contribution in [3.05, 3.63) is 107 Å². The third-order valence-electron chi connectivity index (χ3n) is 5.49. The molecule has 0 fully saturated rings. The molecule has 3 aromatic carbocycles. The summed E-state index contributed by atoms with van der Waals surface area (Å²) >= 11 is 0. The second-order valence-corrected chi connectivity index (χ2v) is 7.84. The maximum atomic E-state index is 13.6. The number of hydrogen-bond donors (Lipinski definition) is 1. The SMILES string of the molecule is Cc1ccc(C2=C[C@@H](c3ccccc3)n3nnnc3N2CC(=O)Nc2cccc(F)c2)cc1. The molecule has 0 radical (unpaired) electrons. The maximum Gasteiger partial charge on any atom is 0.251 e. The Balaban J connectivity index is 1.53. The van der Waals surface area contributed by atoms with Gasteiger partial charge in [-0.1, -0.05) is 71.3 Å². The molecular weight excluding hydrogens is 419 g/mol. The van der Waals surface area contributed by atoms with Gasteiger partial charge < -0.3 is 5.32 Å². The number of carbonyl (C=O) groups excluding carboxylic acids is 1. The van der Waals surface area contributed by atoms with E-state index in [2.05, 4.69) is 26.9 Å². The first-order valence-electron chi connectivity index (χ1n) is 10.5. The van der Waals surface area contributed by atoms with Crippen molar-refractivity contribution in [3.8, 4) is 0 Å². The number of allylic oxidation sites excluding steroid dienone is 1. The normalized spacial score (nSPS) is 15.0. The third kappa shape index (κ3) is 4.23. The number of rotatable bonds is 5. The van der Waals surface area contributed by atoms with Crippen LogP contribution in [0.4, 0.5) is 16.0 Å². The molecule has 164 valence electrons. The summed E-state index contributed by atoms with van der Waals surface area (Å²) in [5.41, 5.74) is 4.31. The number of aryl methyl sites for hydroxylation is 1. The van der Waals surface area contributed by atoms with Crippen LogP contribution in [0.1, 0.15) is 22.7 Å². The summed E-state index contributed by atoms with van der Waals surface area (Å²) in [5.74, 6) is -0.275. The predicted molar refractivity (Wildman–Crippen MR) is 124 cm³/mol. The molecule has 0 unspecified atom stereocenters. The number of tetrazole rings is 1. The van der Waals surface area contributed by atoms with Crippen LogP contribution in [0.25, 0.3) is 5.70 Å². The Morgan fingerprint density at radius 1 is 1.03 bits per heavy atom. The van der Waals surface area contributed by atoms with Crippen LogP contribution >= 0.6 is 0 Å².